The predicted octanol–water partition coefficient (Wildman–Crippen LogP) is 2.06. The van der Waals surface area contributed by atoms with E-state index < -0.39 is 0 Å². The van der Waals surface area contributed by atoms with Gasteiger partial charge in [-0.05, 0) is 0 Å². The fourth-order valence-corrected chi connectivity index (χ4v) is 1.79. The molecule has 0 bridgehead atoms. The van der Waals surface area contributed by atoms with Crippen molar-refractivity contribution in [2.45, 2.75) is 26.2 Å². The minimum atomic E-state index is 0.616. The van der Waals surface area contributed by atoms with Gasteiger partial charge in [0.2, 0.25) is 0 Å². The summed E-state index contributed by atoms with van der Waals surface area (Å²) in [6.07, 6.45) is 5.91. The molecule has 62 valence electrons. The summed E-state index contributed by atoms with van der Waals surface area (Å²) in [6, 6.07) is 0. The van der Waals surface area contributed by atoms with Crippen molar-refractivity contribution in [3.8, 4) is 0 Å². The number of methoxy groups -OCH3 is 1. The summed E-state index contributed by atoms with van der Waals surface area (Å²) in [5.41, 5.74) is 1.49. The molecule has 1 atom stereocenters. The Morgan fingerprint density at radius 3 is 3.00 bits per heavy atom. The summed E-state index contributed by atoms with van der Waals surface area (Å²) < 4.78 is 6.24. The second kappa shape index (κ2) is 4.21. The molecule has 0 N–H and O–H groups in total. The first-order valence-electron chi connectivity index (χ1n) is 3.97. The molecule has 1 aliphatic carbocycles. The van der Waals surface area contributed by atoms with Crippen molar-refractivity contribution in [1.82, 2.24) is 0 Å². The molecule has 1 aliphatic rings. The molecule has 0 saturated heterocycles. The number of hydrogen-bond donors (Lipinski definition) is 0. The predicted molar refractivity (Wildman–Crippen MR) is 43.1 cm³/mol. The normalized spacial score (nSPS) is 24.5. The summed E-state index contributed by atoms with van der Waals surface area (Å²) in [4.78, 5) is 0. The van der Waals surface area contributed by atoms with Crippen LogP contribution in [0.15, 0.2) is 11.6 Å². The van der Waals surface area contributed by atoms with Crippen LogP contribution in [-0.4, -0.2) is 11.7 Å². The second-order valence-corrected chi connectivity index (χ2v) is 3.68. The third-order valence-electron chi connectivity index (χ3n) is 2.11. The Kier molecular flexibility index (Phi) is 3.52. The molecule has 1 unspecified atom stereocenters. The minimum absolute atomic E-state index is 0.616. The molecule has 0 saturated carbocycles. The average molecular weight is 190 g/mol. The van der Waals surface area contributed by atoms with Gasteiger partial charge in [0.1, 0.15) is 0 Å². The monoisotopic (exact) mass is 190 g/mol. The molecule has 0 aliphatic heterocycles. The Labute approximate surface area is 76.4 Å². The molecule has 0 heterocycles. The van der Waals surface area contributed by atoms with Gasteiger partial charge in [0.05, 0.1) is 0 Å². The van der Waals surface area contributed by atoms with E-state index in [1.807, 2.05) is 0 Å². The number of ether oxygens (including phenoxy) is 1. The van der Waals surface area contributed by atoms with Gasteiger partial charge in [-0.3, -0.25) is 0 Å². The van der Waals surface area contributed by atoms with Crippen molar-refractivity contribution < 1.29 is 20.6 Å². The van der Waals surface area contributed by atoms with Crippen LogP contribution in [0, 0.1) is 5.92 Å². The molecule has 11 heavy (non-hydrogen) atoms. The average Bonchev–Trinajstić information content (AvgIpc) is 2.03. The summed E-state index contributed by atoms with van der Waals surface area (Å²) >= 11 is 2.98. The van der Waals surface area contributed by atoms with Gasteiger partial charge in [-0.1, -0.05) is 0 Å². The third-order valence-corrected chi connectivity index (χ3v) is 2.89. The van der Waals surface area contributed by atoms with Crippen molar-refractivity contribution in [3.05, 3.63) is 11.6 Å². The van der Waals surface area contributed by atoms with E-state index in [1.165, 1.54) is 18.4 Å². The van der Waals surface area contributed by atoms with Crippen LogP contribution in [0.5, 0.6) is 0 Å². The van der Waals surface area contributed by atoms with Crippen molar-refractivity contribution in [2.75, 3.05) is 7.11 Å². The van der Waals surface area contributed by atoms with Crippen LogP contribution < -0.4 is 0 Å². The van der Waals surface area contributed by atoms with Crippen molar-refractivity contribution in [2.24, 2.45) is 5.92 Å². The van der Waals surface area contributed by atoms with Crippen LogP contribution in [0.2, 0.25) is 0 Å². The molecule has 0 aromatic heterocycles. The third kappa shape index (κ3) is 2.56. The van der Waals surface area contributed by atoms with E-state index in [9.17, 15) is 0 Å². The van der Waals surface area contributed by atoms with Gasteiger partial charge >= 0.3 is 76.0 Å². The molecule has 0 aromatic rings. The number of rotatable bonds is 2. The van der Waals surface area contributed by atoms with E-state index >= 15 is 0 Å². The molecule has 1 nitrogen and oxygen atoms in total. The fourth-order valence-electron chi connectivity index (χ4n) is 1.47. The standard InChI is InChI=1S/C9H14O.Cr/c1-8-4-3-5-9(6-8)7-10-2;/h4,9H,3,5-6H2,1-2H3;. The van der Waals surface area contributed by atoms with Gasteiger partial charge in [0, 0.05) is 0 Å². The van der Waals surface area contributed by atoms with E-state index in [4.69, 9.17) is 4.74 Å². The summed E-state index contributed by atoms with van der Waals surface area (Å²) in [5, 5.41) is 0. The zero-order chi connectivity index (χ0) is 8.27. The van der Waals surface area contributed by atoms with Gasteiger partial charge < -0.3 is 0 Å². The SMILES string of the molecule is CO[C](=[Cr])C1CCC=C(C)C1. The van der Waals surface area contributed by atoms with E-state index in [-0.39, 0.29) is 0 Å². The van der Waals surface area contributed by atoms with Gasteiger partial charge in [-0.25, -0.2) is 0 Å². The van der Waals surface area contributed by atoms with Gasteiger partial charge in [-0.2, -0.15) is 0 Å². The van der Waals surface area contributed by atoms with Crippen LogP contribution in [0.4, 0.5) is 0 Å². The Morgan fingerprint density at radius 1 is 1.73 bits per heavy atom. The Hall–Kier alpha value is 0.102. The quantitative estimate of drug-likeness (QED) is 0.605. The maximum absolute atomic E-state index is 5.17. The Balaban J connectivity index is 2.50. The topological polar surface area (TPSA) is 9.23 Å². The first kappa shape index (κ1) is 9.19. The van der Waals surface area contributed by atoms with E-state index in [2.05, 4.69) is 28.9 Å². The summed E-state index contributed by atoms with van der Waals surface area (Å²) in [7, 11) is 1.74. The molecular formula is C9H14CrO. The Bertz CT molecular complexity index is 184. The first-order valence-corrected chi connectivity index (χ1v) is 4.61. The molecule has 0 spiro atoms. The van der Waals surface area contributed by atoms with Gasteiger partial charge in [0.25, 0.3) is 0 Å². The summed E-state index contributed by atoms with van der Waals surface area (Å²) in [6.45, 7) is 2.19. The molecule has 0 fully saturated rings. The molecule has 0 radical (unpaired) electrons. The zero-order valence-corrected chi connectivity index (χ0v) is 8.37. The second-order valence-electron chi connectivity index (χ2n) is 3.05. The van der Waals surface area contributed by atoms with Crippen molar-refractivity contribution in [3.63, 3.8) is 0 Å². The van der Waals surface area contributed by atoms with E-state index in [0.717, 1.165) is 11.0 Å². The zero-order valence-electron chi connectivity index (χ0n) is 7.09. The van der Waals surface area contributed by atoms with Gasteiger partial charge in [0.15, 0.2) is 0 Å². The molecule has 2 heteroatoms. The van der Waals surface area contributed by atoms with Crippen molar-refractivity contribution in [1.29, 1.82) is 0 Å². The first-order chi connectivity index (χ1) is 5.24. The van der Waals surface area contributed by atoms with Crippen LogP contribution >= 0.6 is 0 Å². The fraction of sp³-hybridized carbons (Fsp3) is 0.667. The molecule has 0 aromatic carbocycles. The van der Waals surface area contributed by atoms with Crippen molar-refractivity contribution >= 4 is 4.57 Å². The van der Waals surface area contributed by atoms with Gasteiger partial charge in [-0.15, -0.1) is 0 Å². The maximum atomic E-state index is 5.17. The molecular weight excluding hydrogens is 176 g/mol. The number of hydrogen-bond acceptors (Lipinski definition) is 1. The Morgan fingerprint density at radius 2 is 2.45 bits per heavy atom. The van der Waals surface area contributed by atoms with Crippen LogP contribution in [0.3, 0.4) is 0 Å². The molecule has 1 rings (SSSR count). The summed E-state index contributed by atoms with van der Waals surface area (Å²) in [5.74, 6) is 0.616. The molecule has 0 amide bonds. The number of allylic oxidation sites excluding steroid dienone is 2. The van der Waals surface area contributed by atoms with Crippen LogP contribution in [-0.2, 0) is 20.6 Å². The van der Waals surface area contributed by atoms with E-state index in [1.54, 1.807) is 7.11 Å². The van der Waals surface area contributed by atoms with Crippen LogP contribution in [0.1, 0.15) is 26.2 Å². The van der Waals surface area contributed by atoms with E-state index in [0.29, 0.717) is 5.92 Å². The van der Waals surface area contributed by atoms with Crippen LogP contribution in [0.25, 0.3) is 0 Å².